The molecule has 0 spiro atoms. The number of carbonyl (C=O) groups excluding carboxylic acids is 2. The van der Waals surface area contributed by atoms with Gasteiger partial charge in [-0.15, -0.1) is 0 Å². The predicted molar refractivity (Wildman–Crippen MR) is 122 cm³/mol. The van der Waals surface area contributed by atoms with Crippen molar-refractivity contribution in [1.82, 2.24) is 10.2 Å². The Kier molecular flexibility index (Phi) is 7.22. The Balaban J connectivity index is 1.68. The molecule has 31 heavy (non-hydrogen) atoms. The van der Waals surface area contributed by atoms with Crippen LogP contribution in [0.25, 0.3) is 0 Å². The lowest BCUT2D eigenvalue weighted by Crippen LogP contribution is -2.37. The Hall–Kier alpha value is -1.78. The van der Waals surface area contributed by atoms with Crippen molar-refractivity contribution < 1.29 is 22.7 Å². The Labute approximate surface area is 191 Å². The highest BCUT2D eigenvalue weighted by Crippen LogP contribution is 2.39. The zero-order valence-corrected chi connectivity index (χ0v) is 20.0. The van der Waals surface area contributed by atoms with Crippen LogP contribution in [-0.2, 0) is 25.9 Å². The number of benzene rings is 1. The van der Waals surface area contributed by atoms with E-state index in [4.69, 9.17) is 16.3 Å². The standard InChI is InChI=1S/C20H26ClN3O5S2/c1-20(2,3)29-19(26)22-9-8-17(25)23-18-24(10-13-6-4-5-7-14(13)21)15-11-31(27,28)12-16(15)30-18/h4-7,15-16H,8-12H2,1-3H3,(H,22,26)/t15-,16+/m1/s1. The fraction of sp³-hybridized carbons (Fsp3) is 0.550. The number of rotatable bonds is 5. The molecule has 2 aliphatic rings. The first-order valence-corrected chi connectivity index (χ1v) is 13.0. The van der Waals surface area contributed by atoms with Crippen molar-refractivity contribution in [2.24, 2.45) is 4.99 Å². The maximum Gasteiger partial charge on any atom is 0.407 e. The van der Waals surface area contributed by atoms with Crippen LogP contribution in [0, 0.1) is 0 Å². The van der Waals surface area contributed by atoms with Gasteiger partial charge in [-0.3, -0.25) is 4.79 Å². The number of aliphatic imine (C=N–C) groups is 1. The molecule has 1 aromatic carbocycles. The van der Waals surface area contributed by atoms with Gasteiger partial charge in [0.2, 0.25) is 5.91 Å². The van der Waals surface area contributed by atoms with Crippen LogP contribution in [-0.4, -0.2) is 65.4 Å². The van der Waals surface area contributed by atoms with Gasteiger partial charge < -0.3 is 15.0 Å². The van der Waals surface area contributed by atoms with Crippen molar-refractivity contribution in [3.8, 4) is 0 Å². The molecule has 0 bridgehead atoms. The number of thioether (sulfide) groups is 1. The van der Waals surface area contributed by atoms with Gasteiger partial charge in [-0.1, -0.05) is 41.6 Å². The van der Waals surface area contributed by atoms with Gasteiger partial charge in [0.05, 0.1) is 17.5 Å². The van der Waals surface area contributed by atoms with Crippen LogP contribution < -0.4 is 5.32 Å². The highest BCUT2D eigenvalue weighted by atomic mass is 35.5. The average molecular weight is 488 g/mol. The zero-order chi connectivity index (χ0) is 22.8. The average Bonchev–Trinajstić information content (AvgIpc) is 3.07. The molecule has 2 saturated heterocycles. The molecule has 3 rings (SSSR count). The van der Waals surface area contributed by atoms with E-state index < -0.39 is 27.4 Å². The SMILES string of the molecule is CC(C)(C)OC(=O)NCCC(=O)N=C1S[C@H]2CS(=O)(=O)C[C@H]2N1Cc1ccccc1Cl. The molecule has 11 heteroatoms. The van der Waals surface area contributed by atoms with Gasteiger partial charge in [-0.05, 0) is 32.4 Å². The van der Waals surface area contributed by atoms with Crippen molar-refractivity contribution >= 4 is 50.4 Å². The summed E-state index contributed by atoms with van der Waals surface area (Å²) in [6.07, 6.45) is -0.583. The van der Waals surface area contributed by atoms with Crippen molar-refractivity contribution in [1.29, 1.82) is 0 Å². The fourth-order valence-corrected chi connectivity index (χ4v) is 7.54. The number of nitrogens with one attached hydrogen (secondary N) is 1. The van der Waals surface area contributed by atoms with E-state index in [0.717, 1.165) is 5.56 Å². The number of amides is 2. The summed E-state index contributed by atoms with van der Waals surface area (Å²) in [5, 5.41) is 3.43. The third-order valence-corrected chi connectivity index (χ3v) is 8.32. The molecule has 170 valence electrons. The smallest absolute Gasteiger partial charge is 0.407 e. The summed E-state index contributed by atoms with van der Waals surface area (Å²) in [6, 6.07) is 7.07. The van der Waals surface area contributed by atoms with E-state index >= 15 is 0 Å². The highest BCUT2D eigenvalue weighted by molar-refractivity contribution is 8.15. The molecular weight excluding hydrogens is 462 g/mol. The Morgan fingerprint density at radius 1 is 1.29 bits per heavy atom. The molecule has 2 amide bonds. The number of hydrogen-bond acceptors (Lipinski definition) is 6. The topological polar surface area (TPSA) is 105 Å². The molecule has 0 radical (unpaired) electrons. The highest BCUT2D eigenvalue weighted by Gasteiger charge is 2.48. The predicted octanol–water partition coefficient (Wildman–Crippen LogP) is 2.85. The molecule has 2 aliphatic heterocycles. The van der Waals surface area contributed by atoms with Crippen LogP contribution >= 0.6 is 23.4 Å². The quantitative estimate of drug-likeness (QED) is 0.680. The fourth-order valence-electron chi connectivity index (χ4n) is 3.38. The molecule has 8 nitrogen and oxygen atoms in total. The Morgan fingerprint density at radius 3 is 2.68 bits per heavy atom. The molecule has 0 aromatic heterocycles. The maximum absolute atomic E-state index is 12.4. The normalized spacial score (nSPS) is 23.6. The van der Waals surface area contributed by atoms with E-state index in [2.05, 4.69) is 10.3 Å². The lowest BCUT2D eigenvalue weighted by Gasteiger charge is -2.25. The van der Waals surface area contributed by atoms with Gasteiger partial charge in [-0.2, -0.15) is 4.99 Å². The first-order chi connectivity index (χ1) is 14.4. The number of alkyl carbamates (subject to hydrolysis) is 1. The molecule has 0 aliphatic carbocycles. The molecular formula is C20H26ClN3O5S2. The lowest BCUT2D eigenvalue weighted by atomic mass is 10.1. The first kappa shape index (κ1) is 23.9. The van der Waals surface area contributed by atoms with E-state index in [-0.39, 0.29) is 35.8 Å². The minimum atomic E-state index is -3.13. The first-order valence-electron chi connectivity index (χ1n) is 9.89. The largest absolute Gasteiger partial charge is 0.444 e. The minimum absolute atomic E-state index is 0.0108. The van der Waals surface area contributed by atoms with Crippen LogP contribution in [0.2, 0.25) is 5.02 Å². The van der Waals surface area contributed by atoms with Gasteiger partial charge in [0, 0.05) is 29.8 Å². The molecule has 0 saturated carbocycles. The summed E-state index contributed by atoms with van der Waals surface area (Å²) in [4.78, 5) is 30.2. The molecule has 2 heterocycles. The minimum Gasteiger partial charge on any atom is -0.444 e. The van der Waals surface area contributed by atoms with E-state index in [1.165, 1.54) is 11.8 Å². The third kappa shape index (κ3) is 6.60. The number of fused-ring (bicyclic) bond motifs is 1. The molecule has 2 atom stereocenters. The monoisotopic (exact) mass is 487 g/mol. The second-order valence-electron chi connectivity index (χ2n) is 8.49. The van der Waals surface area contributed by atoms with Crippen LogP contribution in [0.3, 0.4) is 0 Å². The van der Waals surface area contributed by atoms with Crippen LogP contribution in [0.15, 0.2) is 29.3 Å². The van der Waals surface area contributed by atoms with E-state index in [1.54, 1.807) is 26.8 Å². The van der Waals surface area contributed by atoms with Crippen molar-refractivity contribution in [3.05, 3.63) is 34.9 Å². The number of carbonyl (C=O) groups is 2. The summed E-state index contributed by atoms with van der Waals surface area (Å²) in [5.74, 6) is -0.303. The summed E-state index contributed by atoms with van der Waals surface area (Å²) in [5.41, 5.74) is 0.216. The molecule has 1 aromatic rings. The molecule has 0 unspecified atom stereocenters. The van der Waals surface area contributed by atoms with Crippen molar-refractivity contribution in [3.63, 3.8) is 0 Å². The summed E-state index contributed by atoms with van der Waals surface area (Å²) in [7, 11) is -3.13. The van der Waals surface area contributed by atoms with E-state index in [0.29, 0.717) is 16.7 Å². The maximum atomic E-state index is 12.4. The zero-order valence-electron chi connectivity index (χ0n) is 17.6. The number of amidine groups is 1. The summed E-state index contributed by atoms with van der Waals surface area (Å²) in [6.45, 7) is 5.73. The van der Waals surface area contributed by atoms with Gasteiger partial charge in [-0.25, -0.2) is 13.2 Å². The number of ether oxygens (including phenoxy) is 1. The van der Waals surface area contributed by atoms with Gasteiger partial charge >= 0.3 is 6.09 Å². The van der Waals surface area contributed by atoms with E-state index in [1.807, 2.05) is 23.1 Å². The lowest BCUT2D eigenvalue weighted by molar-refractivity contribution is -0.117. The molecule has 1 N–H and O–H groups in total. The second kappa shape index (κ2) is 9.38. The van der Waals surface area contributed by atoms with Crippen molar-refractivity contribution in [2.45, 2.75) is 50.6 Å². The van der Waals surface area contributed by atoms with Gasteiger partial charge in [0.25, 0.3) is 0 Å². The summed E-state index contributed by atoms with van der Waals surface area (Å²) < 4.78 is 29.4. The Morgan fingerprint density at radius 2 is 2.00 bits per heavy atom. The number of nitrogens with zero attached hydrogens (tertiary/aromatic N) is 2. The molecule has 2 fully saturated rings. The number of hydrogen-bond donors (Lipinski definition) is 1. The van der Waals surface area contributed by atoms with Crippen LogP contribution in [0.1, 0.15) is 32.8 Å². The van der Waals surface area contributed by atoms with Gasteiger partial charge in [0.1, 0.15) is 5.60 Å². The third-order valence-electron chi connectivity index (χ3n) is 4.70. The summed E-state index contributed by atoms with van der Waals surface area (Å²) >= 11 is 7.60. The number of halogens is 1. The second-order valence-corrected chi connectivity index (χ2v) is 12.3. The van der Waals surface area contributed by atoms with Gasteiger partial charge in [0.15, 0.2) is 15.0 Å². The van der Waals surface area contributed by atoms with E-state index in [9.17, 15) is 18.0 Å². The Bertz CT molecular complexity index is 991. The van der Waals surface area contributed by atoms with Crippen molar-refractivity contribution in [2.75, 3.05) is 18.1 Å². The van der Waals surface area contributed by atoms with Crippen LogP contribution in [0.4, 0.5) is 4.79 Å². The number of sulfone groups is 1. The van der Waals surface area contributed by atoms with Crippen LogP contribution in [0.5, 0.6) is 0 Å².